The van der Waals surface area contributed by atoms with Gasteiger partial charge in [-0.25, -0.2) is 0 Å². The molecule has 0 aromatic carbocycles. The van der Waals surface area contributed by atoms with Crippen LogP contribution in [0.3, 0.4) is 0 Å². The maximum atomic E-state index is 9.40. The number of hydrogen-bond donors (Lipinski definition) is 2. The second-order valence-corrected chi connectivity index (χ2v) is 4.76. The Kier molecular flexibility index (Phi) is 3.42. The van der Waals surface area contributed by atoms with E-state index in [0.717, 1.165) is 13.1 Å². The average Bonchev–Trinajstić information content (AvgIpc) is 3.03. The number of aliphatic hydroxyl groups excluding tert-OH is 1. The molecule has 1 heterocycles. The fourth-order valence-corrected chi connectivity index (χ4v) is 2.53. The van der Waals surface area contributed by atoms with Gasteiger partial charge in [0.05, 0.1) is 6.61 Å². The minimum atomic E-state index is 0.207. The molecular weight excluding hydrogens is 176 g/mol. The predicted molar refractivity (Wildman–Crippen MR) is 57.0 cm³/mol. The van der Waals surface area contributed by atoms with Gasteiger partial charge < -0.3 is 10.8 Å². The summed E-state index contributed by atoms with van der Waals surface area (Å²) >= 11 is 0. The monoisotopic (exact) mass is 198 g/mol. The van der Waals surface area contributed by atoms with Crippen molar-refractivity contribution >= 4 is 0 Å². The lowest BCUT2D eigenvalue weighted by Gasteiger charge is -2.36. The normalized spacial score (nSPS) is 28.7. The van der Waals surface area contributed by atoms with Gasteiger partial charge in [-0.1, -0.05) is 6.42 Å². The van der Waals surface area contributed by atoms with Crippen LogP contribution in [0.4, 0.5) is 0 Å². The van der Waals surface area contributed by atoms with E-state index in [2.05, 4.69) is 4.90 Å². The van der Waals surface area contributed by atoms with Gasteiger partial charge in [0.2, 0.25) is 0 Å². The summed E-state index contributed by atoms with van der Waals surface area (Å²) in [6, 6.07) is 0.431. The van der Waals surface area contributed by atoms with Crippen LogP contribution in [0.2, 0.25) is 0 Å². The molecule has 0 aromatic heterocycles. The Hall–Kier alpha value is -0.120. The second kappa shape index (κ2) is 4.60. The number of aliphatic hydroxyl groups is 1. The number of likely N-dealkylation sites (tertiary alicyclic amines) is 1. The van der Waals surface area contributed by atoms with E-state index in [9.17, 15) is 5.11 Å². The van der Waals surface area contributed by atoms with Crippen LogP contribution in [-0.4, -0.2) is 41.8 Å². The lowest BCUT2D eigenvalue weighted by atomic mass is 10.0. The molecule has 82 valence electrons. The van der Waals surface area contributed by atoms with Crippen LogP contribution in [-0.2, 0) is 0 Å². The first-order chi connectivity index (χ1) is 6.83. The standard InChI is InChI=1S/C11H22N2O/c12-11(9-4-5-9)10(8-14)13-6-2-1-3-7-13/h9-11,14H,1-8,12H2. The summed E-state index contributed by atoms with van der Waals surface area (Å²) in [4.78, 5) is 2.40. The van der Waals surface area contributed by atoms with Gasteiger partial charge in [-0.05, 0) is 44.7 Å². The largest absolute Gasteiger partial charge is 0.395 e. The van der Waals surface area contributed by atoms with Gasteiger partial charge in [0.15, 0.2) is 0 Å². The van der Waals surface area contributed by atoms with E-state index in [0.29, 0.717) is 5.92 Å². The van der Waals surface area contributed by atoms with E-state index >= 15 is 0 Å². The quantitative estimate of drug-likeness (QED) is 0.694. The van der Waals surface area contributed by atoms with Crippen molar-refractivity contribution in [3.05, 3.63) is 0 Å². The zero-order valence-corrected chi connectivity index (χ0v) is 8.86. The van der Waals surface area contributed by atoms with Crippen molar-refractivity contribution in [3.63, 3.8) is 0 Å². The first-order valence-corrected chi connectivity index (χ1v) is 5.93. The minimum Gasteiger partial charge on any atom is -0.395 e. The average molecular weight is 198 g/mol. The highest BCUT2D eigenvalue weighted by atomic mass is 16.3. The third-order valence-electron chi connectivity index (χ3n) is 3.66. The summed E-state index contributed by atoms with van der Waals surface area (Å²) in [5.74, 6) is 0.689. The minimum absolute atomic E-state index is 0.207. The highest BCUT2D eigenvalue weighted by molar-refractivity contribution is 4.93. The second-order valence-electron chi connectivity index (χ2n) is 4.76. The van der Waals surface area contributed by atoms with Crippen molar-refractivity contribution in [3.8, 4) is 0 Å². The van der Waals surface area contributed by atoms with Gasteiger partial charge in [-0.2, -0.15) is 0 Å². The lowest BCUT2D eigenvalue weighted by Crippen LogP contribution is -2.52. The van der Waals surface area contributed by atoms with E-state index in [1.54, 1.807) is 0 Å². The van der Waals surface area contributed by atoms with Crippen molar-refractivity contribution in [2.24, 2.45) is 11.7 Å². The van der Waals surface area contributed by atoms with E-state index in [4.69, 9.17) is 5.73 Å². The van der Waals surface area contributed by atoms with Crippen molar-refractivity contribution in [1.29, 1.82) is 0 Å². The molecule has 1 aliphatic carbocycles. The SMILES string of the molecule is NC(C1CC1)C(CO)N1CCCCC1. The van der Waals surface area contributed by atoms with Crippen LogP contribution in [0.25, 0.3) is 0 Å². The van der Waals surface area contributed by atoms with Crippen molar-refractivity contribution < 1.29 is 5.11 Å². The Morgan fingerprint density at radius 1 is 1.21 bits per heavy atom. The molecule has 3 heteroatoms. The zero-order chi connectivity index (χ0) is 9.97. The number of piperidine rings is 1. The highest BCUT2D eigenvalue weighted by Crippen LogP contribution is 2.34. The highest BCUT2D eigenvalue weighted by Gasteiger charge is 2.36. The molecule has 1 saturated carbocycles. The van der Waals surface area contributed by atoms with Crippen LogP contribution in [0, 0.1) is 5.92 Å². The molecule has 3 N–H and O–H groups in total. The van der Waals surface area contributed by atoms with Crippen molar-refractivity contribution in [2.75, 3.05) is 19.7 Å². The molecule has 1 saturated heterocycles. The molecule has 3 nitrogen and oxygen atoms in total. The van der Waals surface area contributed by atoms with Crippen molar-refractivity contribution in [1.82, 2.24) is 4.90 Å². The molecule has 2 rings (SSSR count). The first kappa shape index (κ1) is 10.4. The van der Waals surface area contributed by atoms with Gasteiger partial charge in [-0.3, -0.25) is 4.90 Å². The molecule has 0 bridgehead atoms. The fourth-order valence-electron chi connectivity index (χ4n) is 2.53. The van der Waals surface area contributed by atoms with Crippen LogP contribution in [0.15, 0.2) is 0 Å². The van der Waals surface area contributed by atoms with Crippen LogP contribution in [0.1, 0.15) is 32.1 Å². The first-order valence-electron chi connectivity index (χ1n) is 5.93. The zero-order valence-electron chi connectivity index (χ0n) is 8.86. The van der Waals surface area contributed by atoms with Gasteiger partial charge in [0, 0.05) is 12.1 Å². The Labute approximate surface area is 86.3 Å². The third kappa shape index (κ3) is 2.27. The summed E-state index contributed by atoms with van der Waals surface area (Å²) in [5, 5.41) is 9.40. The molecular formula is C11H22N2O. The molecule has 1 aliphatic heterocycles. The summed E-state index contributed by atoms with van der Waals surface area (Å²) < 4.78 is 0. The maximum Gasteiger partial charge on any atom is 0.0602 e. The van der Waals surface area contributed by atoms with E-state index in [1.165, 1.54) is 32.1 Å². The van der Waals surface area contributed by atoms with Crippen molar-refractivity contribution in [2.45, 2.75) is 44.2 Å². The maximum absolute atomic E-state index is 9.40. The molecule has 2 aliphatic rings. The summed E-state index contributed by atoms with van der Waals surface area (Å²) in [6.45, 7) is 2.50. The van der Waals surface area contributed by atoms with Crippen LogP contribution >= 0.6 is 0 Å². The Balaban J connectivity index is 1.89. The summed E-state index contributed by atoms with van der Waals surface area (Å²) in [5.41, 5.74) is 6.16. The number of hydrogen-bond acceptors (Lipinski definition) is 3. The predicted octanol–water partition coefficient (Wildman–Crippen LogP) is 0.570. The molecule has 2 fully saturated rings. The van der Waals surface area contributed by atoms with Crippen LogP contribution < -0.4 is 5.73 Å². The smallest absolute Gasteiger partial charge is 0.0602 e. The Bertz CT molecular complexity index is 176. The topological polar surface area (TPSA) is 49.5 Å². The molecule has 0 radical (unpaired) electrons. The van der Waals surface area contributed by atoms with Gasteiger partial charge in [0.1, 0.15) is 0 Å². The van der Waals surface area contributed by atoms with Crippen LogP contribution in [0.5, 0.6) is 0 Å². The molecule has 2 atom stereocenters. The van der Waals surface area contributed by atoms with E-state index < -0.39 is 0 Å². The summed E-state index contributed by atoms with van der Waals surface area (Å²) in [7, 11) is 0. The lowest BCUT2D eigenvalue weighted by molar-refractivity contribution is 0.0819. The Morgan fingerprint density at radius 2 is 1.86 bits per heavy atom. The summed E-state index contributed by atoms with van der Waals surface area (Å²) in [6.07, 6.45) is 6.42. The van der Waals surface area contributed by atoms with Gasteiger partial charge in [0.25, 0.3) is 0 Å². The van der Waals surface area contributed by atoms with E-state index in [-0.39, 0.29) is 18.7 Å². The molecule has 0 aromatic rings. The fraction of sp³-hybridized carbons (Fsp3) is 1.00. The molecule has 0 spiro atoms. The van der Waals surface area contributed by atoms with Gasteiger partial charge in [-0.15, -0.1) is 0 Å². The van der Waals surface area contributed by atoms with E-state index in [1.807, 2.05) is 0 Å². The number of nitrogens with zero attached hydrogens (tertiary/aromatic N) is 1. The third-order valence-corrected chi connectivity index (χ3v) is 3.66. The molecule has 0 amide bonds. The number of nitrogens with two attached hydrogens (primary N) is 1. The van der Waals surface area contributed by atoms with Gasteiger partial charge >= 0.3 is 0 Å². The Morgan fingerprint density at radius 3 is 2.36 bits per heavy atom. The molecule has 14 heavy (non-hydrogen) atoms. The molecule has 2 unspecified atom stereocenters. The number of rotatable bonds is 4.